The summed E-state index contributed by atoms with van der Waals surface area (Å²) in [5.41, 5.74) is 6.54. The van der Waals surface area contributed by atoms with Crippen molar-refractivity contribution < 1.29 is 4.74 Å². The third kappa shape index (κ3) is 3.38. The van der Waals surface area contributed by atoms with Gasteiger partial charge in [-0.15, -0.1) is 0 Å². The number of hydrogen-bond acceptors (Lipinski definition) is 5. The highest BCUT2D eigenvalue weighted by atomic mass is 16.5. The predicted octanol–water partition coefficient (Wildman–Crippen LogP) is 3.09. The number of hydrogen-bond donors (Lipinski definition) is 0. The monoisotopic (exact) mass is 379 g/mol. The van der Waals surface area contributed by atoms with E-state index in [4.69, 9.17) is 14.8 Å². The molecule has 0 radical (unpaired) electrons. The molecular formula is C22H29N5O. The molecule has 0 amide bonds. The highest BCUT2D eigenvalue weighted by Gasteiger charge is 2.24. The summed E-state index contributed by atoms with van der Waals surface area (Å²) in [6, 6.07) is 10.4. The lowest BCUT2D eigenvalue weighted by atomic mass is 10.1. The maximum Gasteiger partial charge on any atom is 0.165 e. The number of aryl methyl sites for hydroxylation is 2. The van der Waals surface area contributed by atoms with Gasteiger partial charge in [-0.25, -0.2) is 4.98 Å². The molecule has 2 aromatic heterocycles. The number of methoxy groups -OCH3 is 1. The van der Waals surface area contributed by atoms with Crippen LogP contribution in [0.1, 0.15) is 17.0 Å². The van der Waals surface area contributed by atoms with Gasteiger partial charge in [0.05, 0.1) is 12.3 Å². The molecule has 1 saturated heterocycles. The van der Waals surface area contributed by atoms with Gasteiger partial charge in [0, 0.05) is 56.7 Å². The fourth-order valence-corrected chi connectivity index (χ4v) is 4.05. The molecule has 4 rings (SSSR count). The predicted molar refractivity (Wildman–Crippen MR) is 113 cm³/mol. The molecule has 1 aliphatic heterocycles. The Morgan fingerprint density at radius 3 is 2.36 bits per heavy atom. The molecule has 0 bridgehead atoms. The minimum Gasteiger partial charge on any atom is -0.383 e. The minimum atomic E-state index is 0.788. The second-order valence-corrected chi connectivity index (χ2v) is 7.53. The average molecular weight is 380 g/mol. The van der Waals surface area contributed by atoms with Crippen molar-refractivity contribution in [3.05, 3.63) is 47.3 Å². The van der Waals surface area contributed by atoms with Crippen LogP contribution < -0.4 is 4.90 Å². The number of piperazine rings is 1. The van der Waals surface area contributed by atoms with Crippen molar-refractivity contribution >= 4 is 11.5 Å². The first-order valence-corrected chi connectivity index (χ1v) is 9.98. The van der Waals surface area contributed by atoms with E-state index in [2.05, 4.69) is 59.4 Å². The van der Waals surface area contributed by atoms with E-state index in [1.54, 1.807) is 7.11 Å². The summed E-state index contributed by atoms with van der Waals surface area (Å²) in [5.74, 6) is 1.18. The summed E-state index contributed by atoms with van der Waals surface area (Å²) in [4.78, 5) is 9.85. The largest absolute Gasteiger partial charge is 0.383 e. The van der Waals surface area contributed by atoms with E-state index in [-0.39, 0.29) is 0 Å². The van der Waals surface area contributed by atoms with Crippen LogP contribution in [-0.2, 0) is 4.74 Å². The molecule has 0 N–H and O–H groups in total. The van der Waals surface area contributed by atoms with E-state index in [1.165, 1.54) is 16.9 Å². The molecule has 6 nitrogen and oxygen atoms in total. The van der Waals surface area contributed by atoms with Gasteiger partial charge in [0.15, 0.2) is 5.65 Å². The van der Waals surface area contributed by atoms with Crippen LogP contribution in [0.2, 0.25) is 0 Å². The zero-order valence-corrected chi connectivity index (χ0v) is 17.3. The molecule has 0 saturated carbocycles. The van der Waals surface area contributed by atoms with Gasteiger partial charge in [-0.3, -0.25) is 4.90 Å². The smallest absolute Gasteiger partial charge is 0.165 e. The fourth-order valence-electron chi connectivity index (χ4n) is 4.05. The van der Waals surface area contributed by atoms with Crippen LogP contribution in [0.4, 0.5) is 5.82 Å². The van der Waals surface area contributed by atoms with Crippen LogP contribution in [0.3, 0.4) is 0 Å². The third-order valence-corrected chi connectivity index (χ3v) is 5.73. The van der Waals surface area contributed by atoms with E-state index in [1.807, 2.05) is 6.07 Å². The first-order chi connectivity index (χ1) is 13.6. The SMILES string of the molecule is COCCN1CCN(c2c(C)c(C)nc3c(-c4ccccc4)c(C)nn23)CC1. The van der Waals surface area contributed by atoms with Gasteiger partial charge in [0.2, 0.25) is 0 Å². The van der Waals surface area contributed by atoms with Crippen LogP contribution in [0.25, 0.3) is 16.8 Å². The summed E-state index contributed by atoms with van der Waals surface area (Å²) in [5, 5.41) is 4.91. The first-order valence-electron chi connectivity index (χ1n) is 9.98. The topological polar surface area (TPSA) is 45.9 Å². The Balaban J connectivity index is 1.74. The number of anilines is 1. The van der Waals surface area contributed by atoms with Crippen LogP contribution >= 0.6 is 0 Å². The van der Waals surface area contributed by atoms with Gasteiger partial charge in [0.25, 0.3) is 0 Å². The van der Waals surface area contributed by atoms with Crippen molar-refractivity contribution in [1.29, 1.82) is 0 Å². The van der Waals surface area contributed by atoms with Gasteiger partial charge < -0.3 is 9.64 Å². The summed E-state index contributed by atoms with van der Waals surface area (Å²) < 4.78 is 7.29. The third-order valence-electron chi connectivity index (χ3n) is 5.73. The molecule has 28 heavy (non-hydrogen) atoms. The number of aromatic nitrogens is 3. The molecule has 0 unspecified atom stereocenters. The molecule has 148 valence electrons. The molecular weight excluding hydrogens is 350 g/mol. The van der Waals surface area contributed by atoms with Gasteiger partial charge >= 0.3 is 0 Å². The van der Waals surface area contributed by atoms with Crippen molar-refractivity contribution in [1.82, 2.24) is 19.5 Å². The second-order valence-electron chi connectivity index (χ2n) is 7.53. The maximum atomic E-state index is 5.23. The Bertz CT molecular complexity index is 958. The Hall–Kier alpha value is -2.44. The summed E-state index contributed by atoms with van der Waals surface area (Å²) in [7, 11) is 1.76. The molecule has 0 aliphatic carbocycles. The van der Waals surface area contributed by atoms with E-state index < -0.39 is 0 Å². The summed E-state index contributed by atoms with van der Waals surface area (Å²) >= 11 is 0. The fraction of sp³-hybridized carbons (Fsp3) is 0.455. The molecule has 0 atom stereocenters. The zero-order valence-electron chi connectivity index (χ0n) is 17.3. The number of ether oxygens (including phenoxy) is 1. The Morgan fingerprint density at radius 2 is 1.68 bits per heavy atom. The van der Waals surface area contributed by atoms with E-state index in [0.717, 1.165) is 61.9 Å². The molecule has 3 heterocycles. The maximum absolute atomic E-state index is 5.23. The van der Waals surface area contributed by atoms with Gasteiger partial charge in [-0.05, 0) is 26.3 Å². The van der Waals surface area contributed by atoms with Crippen molar-refractivity contribution in [2.75, 3.05) is 51.3 Å². The van der Waals surface area contributed by atoms with Crippen molar-refractivity contribution in [2.45, 2.75) is 20.8 Å². The quantitative estimate of drug-likeness (QED) is 0.682. The number of rotatable bonds is 5. The number of nitrogens with zero attached hydrogens (tertiary/aromatic N) is 5. The lowest BCUT2D eigenvalue weighted by Gasteiger charge is -2.36. The van der Waals surface area contributed by atoms with E-state index >= 15 is 0 Å². The average Bonchev–Trinajstić information content (AvgIpc) is 3.03. The van der Waals surface area contributed by atoms with Crippen molar-refractivity contribution in [3.8, 4) is 11.1 Å². The van der Waals surface area contributed by atoms with Gasteiger partial charge in [-0.1, -0.05) is 30.3 Å². The first kappa shape index (κ1) is 18.9. The molecule has 6 heteroatoms. The van der Waals surface area contributed by atoms with Crippen LogP contribution in [0, 0.1) is 20.8 Å². The molecule has 0 spiro atoms. The molecule has 3 aromatic rings. The molecule has 1 fully saturated rings. The minimum absolute atomic E-state index is 0.788. The van der Waals surface area contributed by atoms with E-state index in [9.17, 15) is 0 Å². The number of fused-ring (bicyclic) bond motifs is 1. The zero-order chi connectivity index (χ0) is 19.7. The lowest BCUT2D eigenvalue weighted by Crippen LogP contribution is -2.48. The van der Waals surface area contributed by atoms with Crippen LogP contribution in [-0.4, -0.2) is 65.9 Å². The van der Waals surface area contributed by atoms with Crippen LogP contribution in [0.15, 0.2) is 30.3 Å². The van der Waals surface area contributed by atoms with Crippen molar-refractivity contribution in [2.24, 2.45) is 0 Å². The van der Waals surface area contributed by atoms with Crippen molar-refractivity contribution in [3.63, 3.8) is 0 Å². The normalized spacial score (nSPS) is 15.5. The Labute approximate surface area is 166 Å². The Kier molecular flexibility index (Phi) is 5.33. The molecule has 1 aromatic carbocycles. The van der Waals surface area contributed by atoms with Gasteiger partial charge in [0.1, 0.15) is 5.82 Å². The summed E-state index contributed by atoms with van der Waals surface area (Å²) in [6.07, 6.45) is 0. The van der Waals surface area contributed by atoms with E-state index in [0.29, 0.717) is 0 Å². The number of benzene rings is 1. The highest BCUT2D eigenvalue weighted by Crippen LogP contribution is 2.32. The van der Waals surface area contributed by atoms with Crippen LogP contribution in [0.5, 0.6) is 0 Å². The Morgan fingerprint density at radius 1 is 0.964 bits per heavy atom. The molecule has 1 aliphatic rings. The highest BCUT2D eigenvalue weighted by molar-refractivity contribution is 5.81. The second kappa shape index (κ2) is 7.89. The lowest BCUT2D eigenvalue weighted by molar-refractivity contribution is 0.144. The van der Waals surface area contributed by atoms with Gasteiger partial charge in [-0.2, -0.15) is 9.61 Å². The standard InChI is InChI=1S/C22H29N5O/c1-16-17(2)23-21-20(19-8-6-5-7-9-19)18(3)24-27(21)22(16)26-12-10-25(11-13-26)14-15-28-4/h5-9H,10-15H2,1-4H3. The summed E-state index contributed by atoms with van der Waals surface area (Å²) in [6.45, 7) is 12.2.